The molecule has 0 aromatic heterocycles. The first-order valence-electron chi connectivity index (χ1n) is 8.30. The minimum absolute atomic E-state index is 0.00986. The van der Waals surface area contributed by atoms with Crippen LogP contribution in [-0.2, 0) is 5.41 Å². The number of benzene rings is 2. The van der Waals surface area contributed by atoms with E-state index in [1.165, 1.54) is 5.56 Å². The van der Waals surface area contributed by atoms with Crippen molar-refractivity contribution >= 4 is 0 Å². The summed E-state index contributed by atoms with van der Waals surface area (Å²) in [5, 5.41) is 0. The van der Waals surface area contributed by atoms with Crippen LogP contribution in [0.1, 0.15) is 32.3 Å². The molecule has 3 nitrogen and oxygen atoms in total. The summed E-state index contributed by atoms with van der Waals surface area (Å²) in [7, 11) is 0. The van der Waals surface area contributed by atoms with Crippen LogP contribution in [0.5, 0.6) is 11.5 Å². The zero-order valence-electron chi connectivity index (χ0n) is 14.1. The Bertz CT molecular complexity index is 585. The lowest BCUT2D eigenvalue weighted by molar-refractivity contribution is 0.260. The summed E-state index contributed by atoms with van der Waals surface area (Å²) >= 11 is 0. The Labute approximate surface area is 139 Å². The van der Waals surface area contributed by atoms with Gasteiger partial charge in [0.15, 0.2) is 11.5 Å². The van der Waals surface area contributed by atoms with Gasteiger partial charge in [0.2, 0.25) is 0 Å². The van der Waals surface area contributed by atoms with Gasteiger partial charge in [-0.15, -0.1) is 0 Å². The van der Waals surface area contributed by atoms with Crippen molar-refractivity contribution in [3.8, 4) is 11.5 Å². The molecule has 1 unspecified atom stereocenters. The molecule has 0 aliphatic rings. The van der Waals surface area contributed by atoms with Crippen molar-refractivity contribution in [1.82, 2.24) is 0 Å². The smallest absolute Gasteiger partial charge is 0.161 e. The third kappa shape index (κ3) is 4.73. The molecular formula is C20H27NO2. The van der Waals surface area contributed by atoms with Gasteiger partial charge in [0.25, 0.3) is 0 Å². The highest BCUT2D eigenvalue weighted by atomic mass is 16.5. The average molecular weight is 313 g/mol. The highest BCUT2D eigenvalue weighted by Crippen LogP contribution is 2.29. The molecule has 0 bridgehead atoms. The van der Waals surface area contributed by atoms with Gasteiger partial charge in [0.05, 0.1) is 13.2 Å². The van der Waals surface area contributed by atoms with E-state index >= 15 is 0 Å². The van der Waals surface area contributed by atoms with Crippen molar-refractivity contribution in [1.29, 1.82) is 0 Å². The Morgan fingerprint density at radius 2 is 1.52 bits per heavy atom. The van der Waals surface area contributed by atoms with E-state index in [9.17, 15) is 0 Å². The Morgan fingerprint density at radius 1 is 0.913 bits per heavy atom. The average Bonchev–Trinajstić information content (AvgIpc) is 2.61. The van der Waals surface area contributed by atoms with E-state index in [0.717, 1.165) is 24.3 Å². The molecule has 2 aromatic carbocycles. The van der Waals surface area contributed by atoms with E-state index in [1.54, 1.807) is 0 Å². The number of nitrogens with two attached hydrogens (primary N) is 1. The van der Waals surface area contributed by atoms with Crippen LogP contribution >= 0.6 is 0 Å². The molecule has 0 radical (unpaired) electrons. The maximum atomic E-state index is 6.04. The molecule has 2 aromatic rings. The van der Waals surface area contributed by atoms with Crippen molar-refractivity contribution in [3.63, 3.8) is 0 Å². The molecule has 0 heterocycles. The second-order valence-electron chi connectivity index (χ2n) is 5.96. The molecule has 1 atom stereocenters. The van der Waals surface area contributed by atoms with Gasteiger partial charge in [-0.3, -0.25) is 0 Å². The SMILES string of the molecule is CCOc1ccccc1OCCCC(C)(CN)c1ccccc1. The lowest BCUT2D eigenvalue weighted by Crippen LogP contribution is -2.32. The molecule has 0 saturated heterocycles. The van der Waals surface area contributed by atoms with Crippen molar-refractivity contribution in [3.05, 3.63) is 60.2 Å². The standard InChI is InChI=1S/C20H27NO2/c1-3-22-18-12-7-8-13-19(18)23-15-9-14-20(2,16-21)17-10-5-4-6-11-17/h4-8,10-13H,3,9,14-16,21H2,1-2H3. The lowest BCUT2D eigenvalue weighted by atomic mass is 9.79. The second kappa shape index (κ2) is 8.59. The fraction of sp³-hybridized carbons (Fsp3) is 0.400. The zero-order valence-corrected chi connectivity index (χ0v) is 14.1. The Kier molecular flexibility index (Phi) is 6.48. The van der Waals surface area contributed by atoms with Gasteiger partial charge >= 0.3 is 0 Å². The monoisotopic (exact) mass is 313 g/mol. The molecule has 3 heteroatoms. The number of rotatable bonds is 9. The molecule has 2 rings (SSSR count). The van der Waals surface area contributed by atoms with Gasteiger partial charge in [-0.25, -0.2) is 0 Å². The van der Waals surface area contributed by atoms with Crippen LogP contribution in [0.4, 0.5) is 0 Å². The molecule has 0 fully saturated rings. The Balaban J connectivity index is 1.89. The molecule has 23 heavy (non-hydrogen) atoms. The highest BCUT2D eigenvalue weighted by molar-refractivity contribution is 5.39. The molecule has 2 N–H and O–H groups in total. The van der Waals surface area contributed by atoms with Crippen molar-refractivity contribution in [2.24, 2.45) is 5.73 Å². The number of ether oxygens (including phenoxy) is 2. The van der Waals surface area contributed by atoms with E-state index < -0.39 is 0 Å². The van der Waals surface area contributed by atoms with Crippen molar-refractivity contribution in [2.45, 2.75) is 32.1 Å². The van der Waals surface area contributed by atoms with Gasteiger partial charge in [0.1, 0.15) is 0 Å². The summed E-state index contributed by atoms with van der Waals surface area (Å²) < 4.78 is 11.5. The van der Waals surface area contributed by atoms with Crippen LogP contribution in [0.2, 0.25) is 0 Å². The minimum atomic E-state index is -0.00986. The van der Waals surface area contributed by atoms with E-state index in [4.69, 9.17) is 15.2 Å². The third-order valence-corrected chi connectivity index (χ3v) is 4.20. The van der Waals surface area contributed by atoms with Crippen LogP contribution in [0.15, 0.2) is 54.6 Å². The van der Waals surface area contributed by atoms with Crippen LogP contribution in [0, 0.1) is 0 Å². The Hall–Kier alpha value is -2.00. The van der Waals surface area contributed by atoms with E-state index in [1.807, 2.05) is 37.3 Å². The summed E-state index contributed by atoms with van der Waals surface area (Å²) in [5.74, 6) is 1.61. The number of hydrogen-bond donors (Lipinski definition) is 1. The van der Waals surface area contributed by atoms with Gasteiger partial charge in [-0.2, -0.15) is 0 Å². The predicted molar refractivity (Wildman–Crippen MR) is 95.2 cm³/mol. The molecule has 0 spiro atoms. The maximum Gasteiger partial charge on any atom is 0.161 e. The zero-order chi connectivity index (χ0) is 16.5. The first kappa shape index (κ1) is 17.4. The number of para-hydroxylation sites is 2. The van der Waals surface area contributed by atoms with Gasteiger partial charge in [-0.05, 0) is 37.5 Å². The largest absolute Gasteiger partial charge is 0.490 e. The lowest BCUT2D eigenvalue weighted by Gasteiger charge is -2.28. The number of hydrogen-bond acceptors (Lipinski definition) is 3. The molecule has 0 aliphatic heterocycles. The summed E-state index contributed by atoms with van der Waals surface area (Å²) in [6.45, 7) is 6.12. The van der Waals surface area contributed by atoms with E-state index in [2.05, 4.69) is 31.2 Å². The maximum absolute atomic E-state index is 6.04. The van der Waals surface area contributed by atoms with Crippen LogP contribution < -0.4 is 15.2 Å². The van der Waals surface area contributed by atoms with E-state index in [-0.39, 0.29) is 5.41 Å². The summed E-state index contributed by atoms with van der Waals surface area (Å²) in [4.78, 5) is 0. The predicted octanol–water partition coefficient (Wildman–Crippen LogP) is 4.16. The molecule has 0 aliphatic carbocycles. The van der Waals surface area contributed by atoms with Gasteiger partial charge < -0.3 is 15.2 Å². The van der Waals surface area contributed by atoms with Crippen molar-refractivity contribution in [2.75, 3.05) is 19.8 Å². The van der Waals surface area contributed by atoms with E-state index in [0.29, 0.717) is 19.8 Å². The summed E-state index contributed by atoms with van der Waals surface area (Å²) in [6, 6.07) is 18.3. The minimum Gasteiger partial charge on any atom is -0.490 e. The Morgan fingerprint density at radius 3 is 2.13 bits per heavy atom. The first-order valence-corrected chi connectivity index (χ1v) is 8.30. The molecule has 0 saturated carbocycles. The summed E-state index contributed by atoms with van der Waals surface area (Å²) in [6.07, 6.45) is 1.94. The van der Waals surface area contributed by atoms with Gasteiger partial charge in [0, 0.05) is 12.0 Å². The first-order chi connectivity index (χ1) is 11.2. The molecule has 0 amide bonds. The normalized spacial score (nSPS) is 13.3. The van der Waals surface area contributed by atoms with Crippen molar-refractivity contribution < 1.29 is 9.47 Å². The summed E-state index contributed by atoms with van der Waals surface area (Å²) in [5.41, 5.74) is 7.31. The molecular weight excluding hydrogens is 286 g/mol. The third-order valence-electron chi connectivity index (χ3n) is 4.20. The quantitative estimate of drug-likeness (QED) is 0.707. The fourth-order valence-corrected chi connectivity index (χ4v) is 2.69. The second-order valence-corrected chi connectivity index (χ2v) is 5.96. The topological polar surface area (TPSA) is 44.5 Å². The van der Waals surface area contributed by atoms with Gasteiger partial charge in [-0.1, -0.05) is 49.4 Å². The highest BCUT2D eigenvalue weighted by Gasteiger charge is 2.24. The van der Waals surface area contributed by atoms with Crippen LogP contribution in [-0.4, -0.2) is 19.8 Å². The fourth-order valence-electron chi connectivity index (χ4n) is 2.69. The van der Waals surface area contributed by atoms with Crippen LogP contribution in [0.25, 0.3) is 0 Å². The van der Waals surface area contributed by atoms with Crippen LogP contribution in [0.3, 0.4) is 0 Å². The molecule has 124 valence electrons.